The lowest BCUT2D eigenvalue weighted by Crippen LogP contribution is -2.44. The van der Waals surface area contributed by atoms with Crippen molar-refractivity contribution in [2.75, 3.05) is 6.54 Å². The van der Waals surface area contributed by atoms with Crippen LogP contribution in [0.1, 0.15) is 18.1 Å². The molecule has 0 aliphatic heterocycles. The normalized spacial score (nSPS) is 14.4. The number of rotatable bonds is 8. The fraction of sp³-hybridized carbons (Fsp3) is 0.227. The van der Waals surface area contributed by atoms with Gasteiger partial charge >= 0.3 is 0 Å². The number of aromatic nitrogens is 3. The van der Waals surface area contributed by atoms with Gasteiger partial charge in [0.15, 0.2) is 0 Å². The number of carbonyl (C=O) groups excluding carboxylic acids is 1. The quantitative estimate of drug-likeness (QED) is 0.463. The topological polar surface area (TPSA) is 80.0 Å². The van der Waals surface area contributed by atoms with E-state index in [9.17, 15) is 9.90 Å². The molecule has 0 radical (unpaired) electrons. The van der Waals surface area contributed by atoms with Crippen LogP contribution in [0.4, 0.5) is 0 Å². The van der Waals surface area contributed by atoms with Crippen LogP contribution < -0.4 is 5.32 Å². The van der Waals surface area contributed by atoms with Crippen molar-refractivity contribution >= 4 is 46.8 Å². The summed E-state index contributed by atoms with van der Waals surface area (Å²) in [6.45, 7) is 2.13. The van der Waals surface area contributed by atoms with E-state index in [0.717, 1.165) is 5.56 Å². The zero-order chi connectivity index (χ0) is 22.4. The molecule has 31 heavy (non-hydrogen) atoms. The lowest BCUT2D eigenvalue weighted by atomic mass is 9.82. The highest BCUT2D eigenvalue weighted by Crippen LogP contribution is 2.37. The molecule has 9 heteroatoms. The molecule has 0 aliphatic rings. The van der Waals surface area contributed by atoms with Gasteiger partial charge in [-0.05, 0) is 35.9 Å². The molecule has 2 atom stereocenters. The Balaban J connectivity index is 1.74. The van der Waals surface area contributed by atoms with Crippen molar-refractivity contribution in [2.45, 2.75) is 19.1 Å². The lowest BCUT2D eigenvalue weighted by molar-refractivity contribution is -0.117. The molecule has 0 bridgehead atoms. The highest BCUT2D eigenvalue weighted by molar-refractivity contribution is 6.35. The third-order valence-corrected chi connectivity index (χ3v) is 5.76. The van der Waals surface area contributed by atoms with Crippen LogP contribution in [0.25, 0.3) is 6.08 Å². The van der Waals surface area contributed by atoms with Gasteiger partial charge in [-0.25, -0.2) is 9.67 Å². The summed E-state index contributed by atoms with van der Waals surface area (Å²) in [4.78, 5) is 16.2. The molecule has 1 amide bonds. The maximum Gasteiger partial charge on any atom is 0.244 e. The van der Waals surface area contributed by atoms with Crippen LogP contribution in [0.15, 0.2) is 61.2 Å². The maximum absolute atomic E-state index is 12.3. The summed E-state index contributed by atoms with van der Waals surface area (Å²) in [7, 11) is 0. The zero-order valence-corrected chi connectivity index (χ0v) is 18.9. The van der Waals surface area contributed by atoms with E-state index in [0.29, 0.717) is 20.6 Å². The number of hydrogen-bond acceptors (Lipinski definition) is 4. The number of aliphatic hydroxyl groups is 1. The molecule has 1 aromatic heterocycles. The van der Waals surface area contributed by atoms with E-state index in [4.69, 9.17) is 34.8 Å². The summed E-state index contributed by atoms with van der Waals surface area (Å²) in [6, 6.07) is 12.0. The number of hydrogen-bond donors (Lipinski definition) is 2. The molecule has 6 nitrogen and oxygen atoms in total. The standard InChI is InChI=1S/C22H21Cl3N4O2/c1-15(11-27-21(30)9-4-16-2-5-17(23)6-3-16)22(31,12-29-14-26-13-28-29)19-8-7-18(24)10-20(19)25/h2-10,13-15,31H,11-12H2,1H3,(H,27,30)/b9-4+. The summed E-state index contributed by atoms with van der Waals surface area (Å²) in [5.41, 5.74) is -0.0847. The Morgan fingerprint density at radius 1 is 1.19 bits per heavy atom. The number of halogens is 3. The van der Waals surface area contributed by atoms with E-state index in [1.807, 2.05) is 19.1 Å². The zero-order valence-electron chi connectivity index (χ0n) is 16.7. The molecule has 162 valence electrons. The number of nitrogens with zero attached hydrogens (tertiary/aromatic N) is 3. The maximum atomic E-state index is 12.3. The third-order valence-electron chi connectivity index (χ3n) is 4.96. The Hall–Kier alpha value is -2.38. The van der Waals surface area contributed by atoms with Crippen LogP contribution in [-0.2, 0) is 16.9 Å². The van der Waals surface area contributed by atoms with Crippen molar-refractivity contribution in [2.24, 2.45) is 5.92 Å². The van der Waals surface area contributed by atoms with Crippen molar-refractivity contribution in [3.63, 3.8) is 0 Å². The van der Waals surface area contributed by atoms with Gasteiger partial charge in [0.1, 0.15) is 18.3 Å². The molecule has 3 aromatic rings. The van der Waals surface area contributed by atoms with E-state index in [1.165, 1.54) is 23.4 Å². The largest absolute Gasteiger partial charge is 0.383 e. The van der Waals surface area contributed by atoms with E-state index < -0.39 is 11.5 Å². The number of benzene rings is 2. The first kappa shape index (κ1) is 23.3. The predicted molar refractivity (Wildman–Crippen MR) is 123 cm³/mol. The Bertz CT molecular complexity index is 1060. The van der Waals surface area contributed by atoms with Crippen LogP contribution in [-0.4, -0.2) is 32.3 Å². The van der Waals surface area contributed by atoms with Crippen molar-refractivity contribution in [3.8, 4) is 0 Å². The number of nitrogens with one attached hydrogen (secondary N) is 1. The summed E-state index contributed by atoms with van der Waals surface area (Å²) in [5, 5.41) is 20.0. The van der Waals surface area contributed by atoms with Gasteiger partial charge < -0.3 is 10.4 Å². The predicted octanol–water partition coefficient (Wildman–Crippen LogP) is 4.59. The first-order valence-electron chi connectivity index (χ1n) is 9.50. The van der Waals surface area contributed by atoms with E-state index in [-0.39, 0.29) is 19.0 Å². The van der Waals surface area contributed by atoms with Gasteiger partial charge in [-0.3, -0.25) is 4.79 Å². The van der Waals surface area contributed by atoms with Crippen molar-refractivity contribution < 1.29 is 9.90 Å². The van der Waals surface area contributed by atoms with Gasteiger partial charge in [-0.1, -0.05) is 59.9 Å². The Morgan fingerprint density at radius 3 is 2.55 bits per heavy atom. The minimum absolute atomic E-state index is 0.103. The fourth-order valence-corrected chi connectivity index (χ4v) is 3.83. The molecule has 0 aliphatic carbocycles. The molecular formula is C22H21Cl3N4O2. The van der Waals surface area contributed by atoms with Gasteiger partial charge in [0.2, 0.25) is 5.91 Å². The molecule has 0 saturated heterocycles. The van der Waals surface area contributed by atoms with Gasteiger partial charge in [0, 0.05) is 39.2 Å². The lowest BCUT2D eigenvalue weighted by Gasteiger charge is -2.35. The summed E-state index contributed by atoms with van der Waals surface area (Å²) < 4.78 is 1.52. The Kier molecular flexibility index (Phi) is 7.73. The van der Waals surface area contributed by atoms with Crippen molar-refractivity contribution in [1.82, 2.24) is 20.1 Å². The molecule has 2 aromatic carbocycles. The second kappa shape index (κ2) is 10.3. The van der Waals surface area contributed by atoms with Crippen LogP contribution in [0.5, 0.6) is 0 Å². The fourth-order valence-electron chi connectivity index (χ4n) is 3.14. The average Bonchev–Trinajstić information content (AvgIpc) is 3.24. The van der Waals surface area contributed by atoms with Crippen LogP contribution in [0.2, 0.25) is 15.1 Å². The van der Waals surface area contributed by atoms with Gasteiger partial charge in [-0.2, -0.15) is 5.10 Å². The second-order valence-corrected chi connectivity index (χ2v) is 8.45. The molecule has 0 fully saturated rings. The minimum Gasteiger partial charge on any atom is -0.383 e. The molecule has 2 N–H and O–H groups in total. The van der Waals surface area contributed by atoms with Crippen molar-refractivity contribution in [1.29, 1.82) is 0 Å². The molecule has 1 heterocycles. The molecule has 3 rings (SSSR count). The van der Waals surface area contributed by atoms with Crippen molar-refractivity contribution in [3.05, 3.63) is 87.4 Å². The Labute approximate surface area is 195 Å². The van der Waals surface area contributed by atoms with Crippen LogP contribution in [0, 0.1) is 5.92 Å². The first-order valence-corrected chi connectivity index (χ1v) is 10.6. The van der Waals surface area contributed by atoms with Crippen LogP contribution in [0.3, 0.4) is 0 Å². The first-order chi connectivity index (χ1) is 14.8. The van der Waals surface area contributed by atoms with Crippen LogP contribution >= 0.6 is 34.8 Å². The molecule has 0 spiro atoms. The van der Waals surface area contributed by atoms with Gasteiger partial charge in [0.25, 0.3) is 0 Å². The highest BCUT2D eigenvalue weighted by Gasteiger charge is 2.38. The Morgan fingerprint density at radius 2 is 1.90 bits per heavy atom. The molecule has 2 unspecified atom stereocenters. The SMILES string of the molecule is CC(CNC(=O)/C=C/c1ccc(Cl)cc1)C(O)(Cn1cncn1)c1ccc(Cl)cc1Cl. The van der Waals surface area contributed by atoms with E-state index in [1.54, 1.807) is 36.4 Å². The minimum atomic E-state index is -1.43. The highest BCUT2D eigenvalue weighted by atomic mass is 35.5. The summed E-state index contributed by atoms with van der Waals surface area (Å²) in [6.07, 6.45) is 6.02. The monoisotopic (exact) mass is 478 g/mol. The number of carbonyl (C=O) groups is 1. The third kappa shape index (κ3) is 6.08. The number of amides is 1. The van der Waals surface area contributed by atoms with Gasteiger partial charge in [0.05, 0.1) is 6.54 Å². The smallest absolute Gasteiger partial charge is 0.244 e. The second-order valence-electron chi connectivity index (χ2n) is 7.17. The van der Waals surface area contributed by atoms with E-state index in [2.05, 4.69) is 15.4 Å². The van der Waals surface area contributed by atoms with Gasteiger partial charge in [-0.15, -0.1) is 0 Å². The summed E-state index contributed by atoms with van der Waals surface area (Å²) >= 11 is 18.3. The molecular weight excluding hydrogens is 459 g/mol. The summed E-state index contributed by atoms with van der Waals surface area (Å²) in [5.74, 6) is -0.699. The average molecular weight is 480 g/mol. The molecule has 0 saturated carbocycles. The van der Waals surface area contributed by atoms with E-state index >= 15 is 0 Å².